The van der Waals surface area contributed by atoms with Crippen molar-refractivity contribution in [2.24, 2.45) is 5.92 Å². The molecule has 1 aliphatic rings. The molecule has 1 N–H and O–H groups in total. The molecular formula is C18H21NO4. The lowest BCUT2D eigenvalue weighted by Crippen LogP contribution is -2.26. The molecular weight excluding hydrogens is 294 g/mol. The van der Waals surface area contributed by atoms with Crippen LogP contribution in [0.5, 0.6) is 0 Å². The van der Waals surface area contributed by atoms with Crippen LogP contribution in [-0.4, -0.2) is 36.6 Å². The van der Waals surface area contributed by atoms with E-state index >= 15 is 0 Å². The van der Waals surface area contributed by atoms with Gasteiger partial charge >= 0.3 is 5.97 Å². The topological polar surface area (TPSA) is 68.4 Å². The van der Waals surface area contributed by atoms with Crippen molar-refractivity contribution in [2.75, 3.05) is 19.8 Å². The van der Waals surface area contributed by atoms with Crippen LogP contribution in [0.3, 0.4) is 0 Å². The van der Waals surface area contributed by atoms with Crippen molar-refractivity contribution in [1.82, 2.24) is 4.98 Å². The fourth-order valence-electron chi connectivity index (χ4n) is 3.01. The fourth-order valence-corrected chi connectivity index (χ4v) is 3.01. The summed E-state index contributed by atoms with van der Waals surface area (Å²) in [4.78, 5) is 27.5. The second-order valence-electron chi connectivity index (χ2n) is 5.81. The van der Waals surface area contributed by atoms with Crippen molar-refractivity contribution in [2.45, 2.75) is 26.2 Å². The summed E-state index contributed by atoms with van der Waals surface area (Å²) in [5, 5.41) is 0.886. The molecule has 3 rings (SSSR count). The van der Waals surface area contributed by atoms with Crippen LogP contribution in [-0.2, 0) is 20.7 Å². The fraction of sp³-hybridized carbons (Fsp3) is 0.444. The van der Waals surface area contributed by atoms with Crippen LogP contribution in [0, 0.1) is 5.92 Å². The zero-order chi connectivity index (χ0) is 16.2. The zero-order valence-electron chi connectivity index (χ0n) is 13.3. The molecule has 122 valence electrons. The second kappa shape index (κ2) is 6.96. The van der Waals surface area contributed by atoms with Crippen LogP contribution in [0.2, 0.25) is 0 Å². The van der Waals surface area contributed by atoms with Crippen molar-refractivity contribution in [1.29, 1.82) is 0 Å². The summed E-state index contributed by atoms with van der Waals surface area (Å²) in [5.41, 5.74) is 2.73. The first-order valence-corrected chi connectivity index (χ1v) is 8.07. The quantitative estimate of drug-likeness (QED) is 0.680. The zero-order valence-corrected chi connectivity index (χ0v) is 13.3. The molecule has 0 aliphatic carbocycles. The van der Waals surface area contributed by atoms with Gasteiger partial charge in [0.25, 0.3) is 0 Å². The molecule has 0 atom stereocenters. The first-order chi connectivity index (χ1) is 11.2. The molecule has 2 heterocycles. The smallest absolute Gasteiger partial charge is 0.309 e. The lowest BCUT2D eigenvalue weighted by molar-refractivity contribution is -0.150. The number of aryl methyl sites for hydroxylation is 1. The highest BCUT2D eigenvalue weighted by Crippen LogP contribution is 2.23. The number of carbonyl (C=O) groups excluding carboxylic acids is 2. The molecule has 1 aliphatic heterocycles. The number of fused-ring (bicyclic) bond motifs is 1. The molecule has 1 fully saturated rings. The minimum atomic E-state index is -0.296. The number of Topliss-reactive ketones (excluding diaryl/α,β-unsaturated/α-hetero) is 1. The van der Waals surface area contributed by atoms with E-state index in [1.807, 2.05) is 18.2 Å². The van der Waals surface area contributed by atoms with Crippen molar-refractivity contribution in [3.05, 3.63) is 35.5 Å². The van der Waals surface area contributed by atoms with Crippen LogP contribution in [0.15, 0.2) is 24.4 Å². The first-order valence-electron chi connectivity index (χ1n) is 8.07. The van der Waals surface area contributed by atoms with E-state index in [0.717, 1.165) is 17.3 Å². The highest BCUT2D eigenvalue weighted by atomic mass is 16.5. The Morgan fingerprint density at radius 3 is 2.83 bits per heavy atom. The van der Waals surface area contributed by atoms with E-state index in [0.29, 0.717) is 31.6 Å². The van der Waals surface area contributed by atoms with E-state index in [4.69, 9.17) is 9.47 Å². The monoisotopic (exact) mass is 315 g/mol. The maximum Gasteiger partial charge on any atom is 0.309 e. The third-order valence-electron chi connectivity index (χ3n) is 4.38. The average Bonchev–Trinajstić information content (AvgIpc) is 3.04. The highest BCUT2D eigenvalue weighted by molar-refractivity contribution is 6.09. The number of benzene rings is 1. The number of para-hydroxylation sites is 1. The molecule has 23 heavy (non-hydrogen) atoms. The number of aromatic nitrogens is 1. The lowest BCUT2D eigenvalue weighted by atomic mass is 10.0. The number of hydrogen-bond acceptors (Lipinski definition) is 4. The molecule has 0 unspecified atom stereocenters. The van der Waals surface area contributed by atoms with Crippen LogP contribution in [0.4, 0.5) is 0 Å². The molecule has 1 aromatic heterocycles. The Morgan fingerprint density at radius 2 is 2.09 bits per heavy atom. The normalized spacial score (nSPS) is 15.7. The maximum atomic E-state index is 12.4. The van der Waals surface area contributed by atoms with Gasteiger partial charge in [0, 0.05) is 35.9 Å². The predicted octanol–water partition coefficient (Wildman–Crippen LogP) is 2.88. The van der Waals surface area contributed by atoms with E-state index in [1.165, 1.54) is 5.56 Å². The van der Waals surface area contributed by atoms with Gasteiger partial charge in [-0.3, -0.25) is 9.59 Å². The number of carbonyl (C=O) groups is 2. The van der Waals surface area contributed by atoms with Crippen LogP contribution < -0.4 is 0 Å². The van der Waals surface area contributed by atoms with E-state index in [2.05, 4.69) is 11.9 Å². The molecule has 5 nitrogen and oxygen atoms in total. The minimum absolute atomic E-state index is 0.147. The highest BCUT2D eigenvalue weighted by Gasteiger charge is 2.24. The SMILES string of the molecule is CCc1cccc2c(C(=O)COC(=O)C3CCOCC3)c[nH]c12. The van der Waals surface area contributed by atoms with Gasteiger partial charge in [0.15, 0.2) is 6.61 Å². The number of hydrogen-bond donors (Lipinski definition) is 1. The van der Waals surface area contributed by atoms with Gasteiger partial charge in [0.05, 0.1) is 5.92 Å². The van der Waals surface area contributed by atoms with Gasteiger partial charge in [0.2, 0.25) is 5.78 Å². The number of ketones is 1. The van der Waals surface area contributed by atoms with E-state index < -0.39 is 0 Å². The Kier molecular flexibility index (Phi) is 4.76. The number of rotatable bonds is 5. The van der Waals surface area contributed by atoms with Crippen LogP contribution in [0.1, 0.15) is 35.7 Å². The van der Waals surface area contributed by atoms with E-state index in [9.17, 15) is 9.59 Å². The molecule has 2 aromatic rings. The van der Waals surface area contributed by atoms with Crippen molar-refractivity contribution in [3.8, 4) is 0 Å². The van der Waals surface area contributed by atoms with Crippen LogP contribution in [0.25, 0.3) is 10.9 Å². The third kappa shape index (κ3) is 3.29. The summed E-state index contributed by atoms with van der Waals surface area (Å²) < 4.78 is 10.4. The van der Waals surface area contributed by atoms with Crippen molar-refractivity contribution < 1.29 is 19.1 Å². The summed E-state index contributed by atoms with van der Waals surface area (Å²) >= 11 is 0. The minimum Gasteiger partial charge on any atom is -0.457 e. The summed E-state index contributed by atoms with van der Waals surface area (Å²) in [7, 11) is 0. The van der Waals surface area contributed by atoms with Gasteiger partial charge in [-0.25, -0.2) is 0 Å². The Balaban J connectivity index is 1.68. The van der Waals surface area contributed by atoms with Gasteiger partial charge in [-0.2, -0.15) is 0 Å². The number of ether oxygens (including phenoxy) is 2. The molecule has 0 amide bonds. The first kappa shape index (κ1) is 15.7. The average molecular weight is 315 g/mol. The van der Waals surface area contributed by atoms with Gasteiger partial charge in [0.1, 0.15) is 0 Å². The molecule has 0 saturated carbocycles. The standard InChI is InChI=1S/C18H21NO4/c1-2-12-4-3-5-14-15(10-19-17(12)14)16(20)11-23-18(21)13-6-8-22-9-7-13/h3-5,10,13,19H,2,6-9,11H2,1H3. The summed E-state index contributed by atoms with van der Waals surface area (Å²) in [6.45, 7) is 3.03. The Labute approximate surface area is 135 Å². The van der Waals surface area contributed by atoms with Gasteiger partial charge in [-0.15, -0.1) is 0 Å². The van der Waals surface area contributed by atoms with Gasteiger partial charge in [-0.1, -0.05) is 25.1 Å². The largest absolute Gasteiger partial charge is 0.457 e. The Bertz CT molecular complexity index is 713. The number of H-pyrrole nitrogens is 1. The number of esters is 1. The lowest BCUT2D eigenvalue weighted by Gasteiger charge is -2.20. The molecule has 1 aromatic carbocycles. The summed E-state index contributed by atoms with van der Waals surface area (Å²) in [6.07, 6.45) is 3.93. The van der Waals surface area contributed by atoms with Gasteiger partial charge < -0.3 is 14.5 Å². The molecule has 5 heteroatoms. The number of aromatic amines is 1. The molecule has 0 bridgehead atoms. The predicted molar refractivity (Wildman–Crippen MR) is 86.5 cm³/mol. The Hall–Kier alpha value is -2.14. The molecule has 0 spiro atoms. The van der Waals surface area contributed by atoms with Crippen LogP contribution >= 0.6 is 0 Å². The summed E-state index contributed by atoms with van der Waals surface area (Å²) in [6, 6.07) is 5.90. The van der Waals surface area contributed by atoms with Gasteiger partial charge in [-0.05, 0) is 24.8 Å². The number of nitrogens with one attached hydrogen (secondary N) is 1. The van der Waals surface area contributed by atoms with Crippen molar-refractivity contribution in [3.63, 3.8) is 0 Å². The molecule has 0 radical (unpaired) electrons. The third-order valence-corrected chi connectivity index (χ3v) is 4.38. The molecule has 1 saturated heterocycles. The van der Waals surface area contributed by atoms with E-state index in [1.54, 1.807) is 6.20 Å². The maximum absolute atomic E-state index is 12.4. The summed E-state index contributed by atoms with van der Waals surface area (Å²) in [5.74, 6) is -0.619. The van der Waals surface area contributed by atoms with E-state index in [-0.39, 0.29) is 24.3 Å². The van der Waals surface area contributed by atoms with Crippen molar-refractivity contribution >= 4 is 22.7 Å². The second-order valence-corrected chi connectivity index (χ2v) is 5.81. The Morgan fingerprint density at radius 1 is 1.30 bits per heavy atom.